The van der Waals surface area contributed by atoms with Gasteiger partial charge in [-0.3, -0.25) is 43.2 Å². The third kappa shape index (κ3) is 14.0. The topological polar surface area (TPSA) is 356 Å². The van der Waals surface area contributed by atoms with Gasteiger partial charge in [-0.05, 0) is 31.0 Å². The van der Waals surface area contributed by atoms with E-state index in [1.54, 1.807) is 76.1 Å². The van der Waals surface area contributed by atoms with Gasteiger partial charge in [-0.15, -0.1) is 0 Å². The molecule has 0 aliphatic carbocycles. The second-order valence-electron chi connectivity index (χ2n) is 17.1. The van der Waals surface area contributed by atoms with Crippen LogP contribution in [0.25, 0.3) is 0 Å². The molecule has 0 aliphatic rings. The summed E-state index contributed by atoms with van der Waals surface area (Å²) in [7, 11) is 9.71. The third-order valence-electron chi connectivity index (χ3n) is 11.1. The van der Waals surface area contributed by atoms with Crippen molar-refractivity contribution in [3.05, 3.63) is 96.1 Å². The first-order valence-electron chi connectivity index (χ1n) is 23.2. The molecular weight excluding hydrogens is 963 g/mol. The van der Waals surface area contributed by atoms with E-state index in [9.17, 15) is 43.2 Å². The van der Waals surface area contributed by atoms with E-state index in [4.69, 9.17) is 5.73 Å². The molecule has 9 amide bonds. The van der Waals surface area contributed by atoms with E-state index in [0.717, 1.165) is 6.42 Å². The minimum atomic E-state index is -1.08. The quantitative estimate of drug-likeness (QED) is 0.0409. The number of hydrogen-bond acceptors (Lipinski definition) is 13. The molecular formula is C46H59N19O9. The van der Waals surface area contributed by atoms with Gasteiger partial charge in [-0.2, -0.15) is 0 Å². The first-order chi connectivity index (χ1) is 35.2. The Kier molecular flexibility index (Phi) is 17.6. The van der Waals surface area contributed by atoms with E-state index in [-0.39, 0.29) is 96.9 Å². The molecule has 0 fully saturated rings. The highest BCUT2D eigenvalue weighted by Gasteiger charge is 2.23. The van der Waals surface area contributed by atoms with Crippen LogP contribution in [0.15, 0.2) is 61.6 Å². The smallest absolute Gasteiger partial charge is 0.291 e. The molecule has 6 aromatic rings. The SMILES string of the molecule is CCCNC(=O)c1cc(NC(=O)CCNC(=O)c2nc(NC(=O)[C@H](N)CCNC(=O)c3cc(NC(=O)c4nc(NC(=O)CCNC(=O)c5cc(NC(=O)c6nccn6C)cn5C)cn4C)cn3C)cn2C)cn1C. The number of carbonyl (C=O) groups is 9. The van der Waals surface area contributed by atoms with Crippen LogP contribution in [-0.4, -0.2) is 128 Å². The molecule has 0 spiro atoms. The molecule has 0 aliphatic heterocycles. The van der Waals surface area contributed by atoms with Crippen LogP contribution < -0.4 is 53.6 Å². The Hall–Kier alpha value is -9.34. The summed E-state index contributed by atoms with van der Waals surface area (Å²) >= 11 is 0. The number of amides is 9. The summed E-state index contributed by atoms with van der Waals surface area (Å²) in [5, 5.41) is 24.0. The number of rotatable bonds is 23. The summed E-state index contributed by atoms with van der Waals surface area (Å²) in [6.07, 6.45) is 11.3. The Bertz CT molecular complexity index is 3090. The molecule has 74 heavy (non-hydrogen) atoms. The number of anilines is 5. The fourth-order valence-electron chi connectivity index (χ4n) is 7.30. The predicted molar refractivity (Wildman–Crippen MR) is 269 cm³/mol. The first kappa shape index (κ1) is 54.0. The van der Waals surface area contributed by atoms with E-state index in [0.29, 0.717) is 23.6 Å². The molecule has 28 heteroatoms. The van der Waals surface area contributed by atoms with Crippen LogP contribution in [0, 0.1) is 0 Å². The Morgan fingerprint density at radius 3 is 1.42 bits per heavy atom. The van der Waals surface area contributed by atoms with Gasteiger partial charge in [0.25, 0.3) is 35.4 Å². The summed E-state index contributed by atoms with van der Waals surface area (Å²) < 4.78 is 8.97. The average molecular weight is 1020 g/mol. The van der Waals surface area contributed by atoms with Crippen molar-refractivity contribution in [1.29, 1.82) is 0 Å². The predicted octanol–water partition coefficient (Wildman–Crippen LogP) is 0.150. The summed E-state index contributed by atoms with van der Waals surface area (Å²) in [5.74, 6) is -4.17. The molecule has 6 aromatic heterocycles. The summed E-state index contributed by atoms with van der Waals surface area (Å²) in [5.41, 5.74) is 8.00. The molecule has 0 saturated heterocycles. The lowest BCUT2D eigenvalue weighted by Gasteiger charge is -2.12. The fourth-order valence-corrected chi connectivity index (χ4v) is 7.30. The molecule has 28 nitrogen and oxygen atoms in total. The summed E-state index contributed by atoms with van der Waals surface area (Å²) in [6.45, 7) is 2.42. The monoisotopic (exact) mass is 1020 g/mol. The number of aromatic nitrogens is 9. The van der Waals surface area contributed by atoms with Crippen LogP contribution in [0.1, 0.15) is 95.9 Å². The minimum absolute atomic E-state index is 0.00000621. The van der Waals surface area contributed by atoms with Gasteiger partial charge in [0.15, 0.2) is 17.5 Å². The molecule has 392 valence electrons. The molecule has 0 unspecified atom stereocenters. The second-order valence-corrected chi connectivity index (χ2v) is 17.1. The molecule has 1 atom stereocenters. The zero-order chi connectivity index (χ0) is 53.8. The normalized spacial score (nSPS) is 11.3. The Morgan fingerprint density at radius 2 is 0.919 bits per heavy atom. The van der Waals surface area contributed by atoms with Crippen LogP contribution >= 0.6 is 0 Å². The van der Waals surface area contributed by atoms with Crippen molar-refractivity contribution in [3.63, 3.8) is 0 Å². The van der Waals surface area contributed by atoms with Gasteiger partial charge in [0.2, 0.25) is 29.4 Å². The van der Waals surface area contributed by atoms with Gasteiger partial charge in [0.05, 0.1) is 23.1 Å². The molecule has 0 radical (unpaired) electrons. The zero-order valence-electron chi connectivity index (χ0n) is 41.8. The van der Waals surface area contributed by atoms with Gasteiger partial charge in [-0.1, -0.05) is 6.92 Å². The standard InChI is InChI=1S/C46H59N19O9/c1-8-12-49-41(69)30-18-26(21-61(30)3)53-35(66)10-15-52-44(72)38-58-34(25-64(38)6)59-40(68)29(47)9-13-50-42(70)31-20-28(23-63(31)5)55-46(74)39-57-33(24-65(39)7)56-36(67)11-14-51-43(71)32-19-27(22-62(32)4)54-45(73)37-48-16-17-60(37)2/h16-25,29H,8-15,47H2,1-7H3,(H,49,69)(H,50,70)(H,51,71)(H,52,72)(H,53,66)(H,54,73)(H,55,74)(H,56,67)(H,59,68)/t29-/m1/s1. The van der Waals surface area contributed by atoms with Crippen LogP contribution in [0.5, 0.6) is 0 Å². The van der Waals surface area contributed by atoms with E-state index in [1.807, 2.05) is 6.92 Å². The maximum Gasteiger partial charge on any atom is 0.291 e. The van der Waals surface area contributed by atoms with Crippen LogP contribution in [0.3, 0.4) is 0 Å². The first-order valence-corrected chi connectivity index (χ1v) is 23.2. The van der Waals surface area contributed by atoms with Crippen LogP contribution in [0.2, 0.25) is 0 Å². The van der Waals surface area contributed by atoms with Crippen molar-refractivity contribution < 1.29 is 43.2 Å². The number of carbonyl (C=O) groups excluding carboxylic acids is 9. The lowest BCUT2D eigenvalue weighted by Crippen LogP contribution is -2.39. The van der Waals surface area contributed by atoms with E-state index in [2.05, 4.69) is 62.8 Å². The second kappa shape index (κ2) is 24.2. The van der Waals surface area contributed by atoms with Gasteiger partial charge in [0, 0.05) is 125 Å². The molecule has 6 heterocycles. The van der Waals surface area contributed by atoms with Crippen LogP contribution in [0.4, 0.5) is 28.7 Å². The Labute approximate surface area is 423 Å². The molecule has 0 saturated carbocycles. The van der Waals surface area contributed by atoms with Crippen molar-refractivity contribution in [3.8, 4) is 0 Å². The average Bonchev–Trinajstić information content (AvgIpc) is 4.21. The van der Waals surface area contributed by atoms with Crippen molar-refractivity contribution in [2.24, 2.45) is 48.0 Å². The molecule has 0 aromatic carbocycles. The Morgan fingerprint density at radius 1 is 0.486 bits per heavy atom. The maximum absolute atomic E-state index is 13.2. The highest BCUT2D eigenvalue weighted by atomic mass is 16.2. The largest absolute Gasteiger partial charge is 0.351 e. The van der Waals surface area contributed by atoms with Gasteiger partial charge < -0.3 is 81.0 Å². The van der Waals surface area contributed by atoms with Crippen LogP contribution in [-0.2, 0) is 56.7 Å². The molecule has 6 rings (SSSR count). The summed E-state index contributed by atoms with van der Waals surface area (Å²) in [4.78, 5) is 128. The van der Waals surface area contributed by atoms with Gasteiger partial charge in [0.1, 0.15) is 17.1 Å². The van der Waals surface area contributed by atoms with E-state index >= 15 is 0 Å². The maximum atomic E-state index is 13.2. The third-order valence-corrected chi connectivity index (χ3v) is 11.1. The van der Waals surface area contributed by atoms with Crippen molar-refractivity contribution in [2.45, 2.75) is 38.6 Å². The highest BCUT2D eigenvalue weighted by Crippen LogP contribution is 2.18. The Balaban J connectivity index is 0.887. The highest BCUT2D eigenvalue weighted by molar-refractivity contribution is 6.05. The zero-order valence-corrected chi connectivity index (χ0v) is 41.8. The van der Waals surface area contributed by atoms with Gasteiger partial charge in [-0.25, -0.2) is 15.0 Å². The number of imidazole rings is 3. The molecule has 0 bridgehead atoms. The van der Waals surface area contributed by atoms with Gasteiger partial charge >= 0.3 is 0 Å². The lowest BCUT2D eigenvalue weighted by molar-refractivity contribution is -0.118. The number of aryl methyl sites for hydroxylation is 6. The van der Waals surface area contributed by atoms with Crippen molar-refractivity contribution in [1.82, 2.24) is 63.6 Å². The lowest BCUT2D eigenvalue weighted by atomic mass is 10.2. The van der Waals surface area contributed by atoms with E-state index < -0.39 is 47.4 Å². The summed E-state index contributed by atoms with van der Waals surface area (Å²) in [6, 6.07) is 3.42. The molecule has 11 N–H and O–H groups in total. The minimum Gasteiger partial charge on any atom is -0.351 e. The fraction of sp³-hybridized carbons (Fsp3) is 0.348. The van der Waals surface area contributed by atoms with Crippen molar-refractivity contribution >= 4 is 81.9 Å². The number of hydrogen-bond donors (Lipinski definition) is 10. The number of nitrogens with one attached hydrogen (secondary N) is 9. The number of nitrogens with two attached hydrogens (primary N) is 1. The number of nitrogens with zero attached hydrogens (tertiary/aromatic N) is 9. The van der Waals surface area contributed by atoms with E-state index in [1.165, 1.54) is 55.2 Å². The van der Waals surface area contributed by atoms with Crippen molar-refractivity contribution in [2.75, 3.05) is 52.8 Å².